The molecule has 0 bridgehead atoms. The number of carbonyl (C=O) groups is 4. The molecular weight excluding hydrogens is 453 g/mol. The van der Waals surface area contributed by atoms with Crippen LogP contribution in [-0.2, 0) is 30.4 Å². The number of amides is 3. The standard InChI is InChI=1S/C22H26FN3O6S/c1-22(2,33)12-17(27)25-24-16-6-5-13-10-14(11-15(23)21(13)16)31-9-3-4-20(30)32-26-18(28)7-8-19(26)29/h10-11,33H,3-9,12H2,1-2H3,(H,25,27). The van der Waals surface area contributed by atoms with Crippen LogP contribution in [0.5, 0.6) is 5.75 Å². The molecule has 178 valence electrons. The normalized spacial score (nSPS) is 16.8. The number of thiol groups is 1. The lowest BCUT2D eigenvalue weighted by molar-refractivity contribution is -0.197. The number of halogens is 1. The number of rotatable bonds is 9. The second-order valence-corrected chi connectivity index (χ2v) is 9.73. The predicted octanol–water partition coefficient (Wildman–Crippen LogP) is 2.46. The van der Waals surface area contributed by atoms with Crippen molar-refractivity contribution in [2.45, 2.75) is 63.5 Å². The highest BCUT2D eigenvalue weighted by Crippen LogP contribution is 2.30. The molecule has 1 aromatic rings. The highest BCUT2D eigenvalue weighted by atomic mass is 32.1. The molecule has 1 heterocycles. The molecule has 0 atom stereocenters. The van der Waals surface area contributed by atoms with Crippen LogP contribution in [0.15, 0.2) is 17.2 Å². The van der Waals surface area contributed by atoms with E-state index in [9.17, 15) is 23.6 Å². The van der Waals surface area contributed by atoms with E-state index in [-0.39, 0.29) is 44.6 Å². The fourth-order valence-electron chi connectivity index (χ4n) is 3.50. The number of benzene rings is 1. The minimum absolute atomic E-state index is 0.0335. The van der Waals surface area contributed by atoms with Gasteiger partial charge in [0, 0.05) is 35.6 Å². The molecule has 1 aliphatic heterocycles. The number of aryl methyl sites for hydroxylation is 1. The van der Waals surface area contributed by atoms with Gasteiger partial charge in [0.1, 0.15) is 11.6 Å². The van der Waals surface area contributed by atoms with Gasteiger partial charge < -0.3 is 9.57 Å². The van der Waals surface area contributed by atoms with Crippen LogP contribution in [0, 0.1) is 5.82 Å². The van der Waals surface area contributed by atoms with E-state index in [4.69, 9.17) is 9.57 Å². The third-order valence-electron chi connectivity index (χ3n) is 4.97. The molecule has 3 rings (SSSR count). The minimum Gasteiger partial charge on any atom is -0.493 e. The van der Waals surface area contributed by atoms with Gasteiger partial charge in [-0.2, -0.15) is 17.7 Å². The first kappa shape index (κ1) is 24.7. The van der Waals surface area contributed by atoms with Gasteiger partial charge in [0.25, 0.3) is 11.8 Å². The number of imide groups is 1. The van der Waals surface area contributed by atoms with E-state index in [2.05, 4.69) is 23.2 Å². The van der Waals surface area contributed by atoms with E-state index >= 15 is 0 Å². The molecule has 9 nitrogen and oxygen atoms in total. The van der Waals surface area contributed by atoms with Gasteiger partial charge in [-0.15, -0.1) is 5.06 Å². The molecule has 11 heteroatoms. The zero-order valence-electron chi connectivity index (χ0n) is 18.5. The molecule has 3 amide bonds. The van der Waals surface area contributed by atoms with Crippen molar-refractivity contribution in [3.63, 3.8) is 0 Å². The number of ether oxygens (including phenoxy) is 1. The van der Waals surface area contributed by atoms with Crippen molar-refractivity contribution < 1.29 is 33.1 Å². The first-order valence-electron chi connectivity index (χ1n) is 10.6. The summed E-state index contributed by atoms with van der Waals surface area (Å²) in [6.07, 6.45) is 1.48. The fourth-order valence-corrected chi connectivity index (χ4v) is 3.65. The summed E-state index contributed by atoms with van der Waals surface area (Å²) in [5, 5.41) is 4.59. The molecule has 0 saturated carbocycles. The molecule has 33 heavy (non-hydrogen) atoms. The predicted molar refractivity (Wildman–Crippen MR) is 119 cm³/mol. The lowest BCUT2D eigenvalue weighted by atomic mass is 10.1. The number of hydroxylamine groups is 2. The number of fused-ring (bicyclic) bond motifs is 1. The van der Waals surface area contributed by atoms with Crippen LogP contribution in [0.1, 0.15) is 63.5 Å². The van der Waals surface area contributed by atoms with Gasteiger partial charge >= 0.3 is 5.97 Å². The number of hydrogen-bond acceptors (Lipinski definition) is 8. The third-order valence-corrected chi connectivity index (χ3v) is 5.12. The molecule has 1 saturated heterocycles. The fraction of sp³-hybridized carbons (Fsp3) is 0.500. The van der Waals surface area contributed by atoms with Gasteiger partial charge in [-0.3, -0.25) is 14.4 Å². The molecule has 0 spiro atoms. The molecule has 2 aliphatic rings. The number of nitrogens with one attached hydrogen (secondary N) is 1. The highest BCUT2D eigenvalue weighted by molar-refractivity contribution is 7.81. The average Bonchev–Trinajstić information content (AvgIpc) is 3.27. The Morgan fingerprint density at radius 2 is 1.88 bits per heavy atom. The topological polar surface area (TPSA) is 114 Å². The van der Waals surface area contributed by atoms with Crippen molar-refractivity contribution >= 4 is 42.0 Å². The Balaban J connectivity index is 1.50. The number of carbonyl (C=O) groups excluding carboxylic acids is 4. The minimum atomic E-state index is -0.716. The van der Waals surface area contributed by atoms with Crippen LogP contribution in [0.25, 0.3) is 0 Å². The van der Waals surface area contributed by atoms with Crippen LogP contribution in [-0.4, -0.2) is 45.8 Å². The van der Waals surface area contributed by atoms with Gasteiger partial charge in [0.05, 0.1) is 18.7 Å². The first-order chi connectivity index (χ1) is 15.5. The van der Waals surface area contributed by atoms with Crippen molar-refractivity contribution in [1.82, 2.24) is 10.5 Å². The molecule has 1 N–H and O–H groups in total. The van der Waals surface area contributed by atoms with Crippen molar-refractivity contribution in [2.24, 2.45) is 5.10 Å². The lowest BCUT2D eigenvalue weighted by Crippen LogP contribution is -2.32. The molecule has 0 radical (unpaired) electrons. The summed E-state index contributed by atoms with van der Waals surface area (Å²) in [6.45, 7) is 3.74. The van der Waals surface area contributed by atoms with E-state index in [0.29, 0.717) is 34.9 Å². The monoisotopic (exact) mass is 479 g/mol. The quantitative estimate of drug-likeness (QED) is 0.243. The number of hydrazone groups is 1. The largest absolute Gasteiger partial charge is 0.493 e. The van der Waals surface area contributed by atoms with Gasteiger partial charge in [-0.05, 0) is 30.9 Å². The van der Waals surface area contributed by atoms with E-state index in [1.54, 1.807) is 6.07 Å². The van der Waals surface area contributed by atoms with Crippen molar-refractivity contribution in [2.75, 3.05) is 6.61 Å². The first-order valence-corrected chi connectivity index (χ1v) is 11.1. The van der Waals surface area contributed by atoms with Crippen LogP contribution < -0.4 is 10.2 Å². The molecule has 1 fully saturated rings. The Bertz CT molecular complexity index is 989. The van der Waals surface area contributed by atoms with Gasteiger partial charge in [0.2, 0.25) is 5.91 Å². The maximum atomic E-state index is 14.7. The summed E-state index contributed by atoms with van der Waals surface area (Å²) in [6, 6.07) is 2.94. The maximum Gasteiger partial charge on any atom is 0.333 e. The summed E-state index contributed by atoms with van der Waals surface area (Å²) in [5.41, 5.74) is 4.00. The summed E-state index contributed by atoms with van der Waals surface area (Å²) in [7, 11) is 0. The summed E-state index contributed by atoms with van der Waals surface area (Å²) < 4.78 is 19.8. The van der Waals surface area contributed by atoms with Gasteiger partial charge in [-0.25, -0.2) is 14.6 Å². The van der Waals surface area contributed by atoms with Crippen LogP contribution in [0.3, 0.4) is 0 Å². The SMILES string of the molecule is CC(C)(S)CC(=O)NN=C1CCc2cc(OCCCC(=O)ON3C(=O)CCC3=O)cc(F)c21. The molecule has 0 unspecified atom stereocenters. The van der Waals surface area contributed by atoms with Gasteiger partial charge in [0.15, 0.2) is 0 Å². The number of nitrogens with zero attached hydrogens (tertiary/aromatic N) is 2. The molecular formula is C22H26FN3O6S. The van der Waals surface area contributed by atoms with E-state index in [1.165, 1.54) is 6.07 Å². The maximum absolute atomic E-state index is 14.7. The van der Waals surface area contributed by atoms with Crippen molar-refractivity contribution in [3.05, 3.63) is 29.1 Å². The summed E-state index contributed by atoms with van der Waals surface area (Å²) in [4.78, 5) is 51.4. The number of hydrogen-bond donors (Lipinski definition) is 2. The zero-order valence-corrected chi connectivity index (χ0v) is 19.4. The summed E-state index contributed by atoms with van der Waals surface area (Å²) >= 11 is 4.31. The Hall–Kier alpha value is -2.95. The van der Waals surface area contributed by atoms with Gasteiger partial charge in [-0.1, -0.05) is 13.8 Å². The Morgan fingerprint density at radius 3 is 2.55 bits per heavy atom. The average molecular weight is 480 g/mol. The van der Waals surface area contributed by atoms with E-state index in [0.717, 1.165) is 5.56 Å². The van der Waals surface area contributed by atoms with Crippen LogP contribution in [0.4, 0.5) is 4.39 Å². The smallest absolute Gasteiger partial charge is 0.333 e. The van der Waals surface area contributed by atoms with Crippen LogP contribution in [0.2, 0.25) is 0 Å². The lowest BCUT2D eigenvalue weighted by Gasteiger charge is -2.15. The summed E-state index contributed by atoms with van der Waals surface area (Å²) in [5.74, 6) is -2.28. The zero-order chi connectivity index (χ0) is 24.2. The van der Waals surface area contributed by atoms with E-state index in [1.807, 2.05) is 13.8 Å². The van der Waals surface area contributed by atoms with Crippen molar-refractivity contribution in [1.29, 1.82) is 0 Å². The second kappa shape index (κ2) is 10.3. The molecule has 1 aliphatic carbocycles. The van der Waals surface area contributed by atoms with Crippen LogP contribution >= 0.6 is 12.6 Å². The molecule has 1 aromatic carbocycles. The third kappa shape index (κ3) is 6.77. The second-order valence-electron chi connectivity index (χ2n) is 8.52. The van der Waals surface area contributed by atoms with E-state index < -0.39 is 28.3 Å². The Labute approximate surface area is 196 Å². The highest BCUT2D eigenvalue weighted by Gasteiger charge is 2.32. The Kier molecular flexibility index (Phi) is 7.72. The van der Waals surface area contributed by atoms with Crippen molar-refractivity contribution in [3.8, 4) is 5.75 Å². The molecule has 0 aromatic heterocycles. The Morgan fingerprint density at radius 1 is 1.18 bits per heavy atom.